The molecule has 6 nitrogen and oxygen atoms in total. The predicted octanol–water partition coefficient (Wildman–Crippen LogP) is 2.43. The number of aryl methyl sites for hydroxylation is 1. The third kappa shape index (κ3) is 5.76. The number of carbonyl (C=O) groups is 3. The quantitative estimate of drug-likeness (QED) is 0.596. The topological polar surface area (TPSA) is 92.7 Å². The molecule has 0 spiro atoms. The second-order valence-corrected chi connectivity index (χ2v) is 5.51. The van der Waals surface area contributed by atoms with Gasteiger partial charge in [0.2, 0.25) is 0 Å². The van der Waals surface area contributed by atoms with Crippen LogP contribution >= 0.6 is 0 Å². The van der Waals surface area contributed by atoms with Crippen LogP contribution in [0.2, 0.25) is 0 Å². The smallest absolute Gasteiger partial charge is 0.326 e. The highest BCUT2D eigenvalue weighted by Gasteiger charge is 2.20. The summed E-state index contributed by atoms with van der Waals surface area (Å²) in [6.07, 6.45) is 0.806. The molecule has 0 aromatic heterocycles. The molecule has 0 aliphatic heterocycles. The standard InChI is InChI=1S/C19H19NO5/c1-13(21)25-16-9-5-8-15(12-16)18(22)20-17(19(23)24)11-10-14-6-3-2-4-7-14/h2-9,12,17H,10-11H2,1H3,(H,20,22)(H,23,24)/t17-/m0/s1. The molecule has 2 aromatic carbocycles. The largest absolute Gasteiger partial charge is 0.480 e. The third-order valence-corrected chi connectivity index (χ3v) is 3.53. The Morgan fingerprint density at radius 2 is 1.80 bits per heavy atom. The lowest BCUT2D eigenvalue weighted by Crippen LogP contribution is -2.41. The van der Waals surface area contributed by atoms with Crippen molar-refractivity contribution < 1.29 is 24.2 Å². The number of nitrogens with one attached hydrogen (secondary N) is 1. The molecular formula is C19H19NO5. The van der Waals surface area contributed by atoms with E-state index in [0.29, 0.717) is 6.42 Å². The molecule has 1 amide bonds. The lowest BCUT2D eigenvalue weighted by Gasteiger charge is -2.15. The molecular weight excluding hydrogens is 322 g/mol. The first kappa shape index (κ1) is 18.2. The van der Waals surface area contributed by atoms with E-state index >= 15 is 0 Å². The molecule has 2 N–H and O–H groups in total. The first-order valence-corrected chi connectivity index (χ1v) is 7.82. The van der Waals surface area contributed by atoms with Gasteiger partial charge >= 0.3 is 11.9 Å². The highest BCUT2D eigenvalue weighted by atomic mass is 16.5. The van der Waals surface area contributed by atoms with Gasteiger partial charge in [-0.25, -0.2) is 4.79 Å². The Morgan fingerprint density at radius 1 is 1.08 bits per heavy atom. The molecule has 2 aromatic rings. The monoisotopic (exact) mass is 341 g/mol. The molecule has 0 saturated heterocycles. The fourth-order valence-electron chi connectivity index (χ4n) is 2.32. The minimum absolute atomic E-state index is 0.227. The van der Waals surface area contributed by atoms with Crippen LogP contribution in [-0.2, 0) is 16.0 Å². The highest BCUT2D eigenvalue weighted by molar-refractivity contribution is 5.97. The van der Waals surface area contributed by atoms with Crippen molar-refractivity contribution in [2.45, 2.75) is 25.8 Å². The van der Waals surface area contributed by atoms with Crippen molar-refractivity contribution in [2.24, 2.45) is 0 Å². The Kier molecular flexibility index (Phi) is 6.28. The lowest BCUT2D eigenvalue weighted by atomic mass is 10.0. The first-order chi connectivity index (χ1) is 12.0. The van der Waals surface area contributed by atoms with Crippen LogP contribution in [0.4, 0.5) is 0 Å². The van der Waals surface area contributed by atoms with Crippen LogP contribution in [0.5, 0.6) is 5.75 Å². The Bertz CT molecular complexity index is 757. The van der Waals surface area contributed by atoms with Gasteiger partial charge < -0.3 is 15.2 Å². The molecule has 6 heteroatoms. The van der Waals surface area contributed by atoms with Gasteiger partial charge in [0.15, 0.2) is 0 Å². The van der Waals surface area contributed by atoms with E-state index in [4.69, 9.17) is 4.74 Å². The zero-order chi connectivity index (χ0) is 18.2. The van der Waals surface area contributed by atoms with Crippen molar-refractivity contribution in [1.82, 2.24) is 5.32 Å². The van der Waals surface area contributed by atoms with E-state index in [1.54, 1.807) is 12.1 Å². The molecule has 0 bridgehead atoms. The third-order valence-electron chi connectivity index (χ3n) is 3.53. The van der Waals surface area contributed by atoms with Gasteiger partial charge in [0.1, 0.15) is 11.8 Å². The summed E-state index contributed by atoms with van der Waals surface area (Å²) >= 11 is 0. The Hall–Kier alpha value is -3.15. The van der Waals surface area contributed by atoms with E-state index in [1.165, 1.54) is 19.1 Å². The number of carboxylic acids is 1. The number of ether oxygens (including phenoxy) is 1. The van der Waals surface area contributed by atoms with Gasteiger partial charge in [-0.15, -0.1) is 0 Å². The maximum Gasteiger partial charge on any atom is 0.326 e. The summed E-state index contributed by atoms with van der Waals surface area (Å²) in [4.78, 5) is 34.7. The van der Waals surface area contributed by atoms with E-state index in [-0.39, 0.29) is 17.7 Å². The molecule has 1 atom stereocenters. The normalized spacial score (nSPS) is 11.4. The highest BCUT2D eigenvalue weighted by Crippen LogP contribution is 2.14. The molecule has 0 unspecified atom stereocenters. The Morgan fingerprint density at radius 3 is 2.44 bits per heavy atom. The van der Waals surface area contributed by atoms with Crippen molar-refractivity contribution in [1.29, 1.82) is 0 Å². The average Bonchev–Trinajstić information content (AvgIpc) is 2.58. The average molecular weight is 341 g/mol. The number of aliphatic carboxylic acids is 1. The Labute approximate surface area is 145 Å². The summed E-state index contributed by atoms with van der Waals surface area (Å²) in [5.74, 6) is -1.89. The molecule has 130 valence electrons. The van der Waals surface area contributed by atoms with Crippen LogP contribution < -0.4 is 10.1 Å². The summed E-state index contributed by atoms with van der Waals surface area (Å²) < 4.78 is 4.93. The molecule has 0 heterocycles. The number of hydrogen-bond donors (Lipinski definition) is 2. The number of benzene rings is 2. The Balaban J connectivity index is 2.02. The fourth-order valence-corrected chi connectivity index (χ4v) is 2.32. The molecule has 0 radical (unpaired) electrons. The number of carboxylic acid groups (broad SMARTS) is 1. The summed E-state index contributed by atoms with van der Waals surface area (Å²) in [6, 6.07) is 14.5. The minimum Gasteiger partial charge on any atom is -0.480 e. The van der Waals surface area contributed by atoms with Crippen LogP contribution in [-0.4, -0.2) is 29.0 Å². The summed E-state index contributed by atoms with van der Waals surface area (Å²) in [5.41, 5.74) is 1.23. The SMILES string of the molecule is CC(=O)Oc1cccc(C(=O)N[C@@H](CCc2ccccc2)C(=O)O)c1. The first-order valence-electron chi connectivity index (χ1n) is 7.82. The van der Waals surface area contributed by atoms with Gasteiger partial charge in [-0.2, -0.15) is 0 Å². The lowest BCUT2D eigenvalue weighted by molar-refractivity contribution is -0.139. The van der Waals surface area contributed by atoms with Crippen LogP contribution in [0.25, 0.3) is 0 Å². The van der Waals surface area contributed by atoms with Crippen molar-refractivity contribution in [3.05, 3.63) is 65.7 Å². The second-order valence-electron chi connectivity index (χ2n) is 5.51. The van der Waals surface area contributed by atoms with Crippen molar-refractivity contribution >= 4 is 17.8 Å². The summed E-state index contributed by atoms with van der Waals surface area (Å²) in [7, 11) is 0. The zero-order valence-corrected chi connectivity index (χ0v) is 13.8. The van der Waals surface area contributed by atoms with Crippen molar-refractivity contribution in [2.75, 3.05) is 0 Å². The number of rotatable bonds is 7. The van der Waals surface area contributed by atoms with E-state index in [9.17, 15) is 19.5 Å². The van der Waals surface area contributed by atoms with Crippen molar-refractivity contribution in [3.63, 3.8) is 0 Å². The van der Waals surface area contributed by atoms with Gasteiger partial charge in [-0.3, -0.25) is 9.59 Å². The predicted molar refractivity (Wildman–Crippen MR) is 91.4 cm³/mol. The molecule has 25 heavy (non-hydrogen) atoms. The molecule has 0 saturated carbocycles. The van der Waals surface area contributed by atoms with Crippen LogP contribution in [0.3, 0.4) is 0 Å². The maximum atomic E-state index is 12.3. The van der Waals surface area contributed by atoms with E-state index < -0.39 is 23.9 Å². The van der Waals surface area contributed by atoms with E-state index in [0.717, 1.165) is 5.56 Å². The summed E-state index contributed by atoms with van der Waals surface area (Å²) in [6.45, 7) is 1.26. The van der Waals surface area contributed by atoms with Gasteiger partial charge in [0.05, 0.1) is 0 Å². The van der Waals surface area contributed by atoms with Gasteiger partial charge in [-0.05, 0) is 36.6 Å². The van der Waals surface area contributed by atoms with E-state index in [2.05, 4.69) is 5.32 Å². The fraction of sp³-hybridized carbons (Fsp3) is 0.211. The number of carbonyl (C=O) groups excluding carboxylic acids is 2. The van der Waals surface area contributed by atoms with Crippen molar-refractivity contribution in [3.8, 4) is 5.75 Å². The number of amides is 1. The van der Waals surface area contributed by atoms with Gasteiger partial charge in [-0.1, -0.05) is 36.4 Å². The molecule has 0 aliphatic rings. The van der Waals surface area contributed by atoms with E-state index in [1.807, 2.05) is 30.3 Å². The number of esters is 1. The van der Waals surface area contributed by atoms with Crippen LogP contribution in [0.15, 0.2) is 54.6 Å². The maximum absolute atomic E-state index is 12.3. The minimum atomic E-state index is -1.10. The zero-order valence-electron chi connectivity index (χ0n) is 13.8. The van der Waals surface area contributed by atoms with Gasteiger partial charge in [0, 0.05) is 12.5 Å². The van der Waals surface area contributed by atoms with Gasteiger partial charge in [0.25, 0.3) is 5.91 Å². The summed E-state index contributed by atoms with van der Waals surface area (Å²) in [5, 5.41) is 11.8. The molecule has 2 rings (SSSR count). The van der Waals surface area contributed by atoms with Crippen LogP contribution in [0, 0.1) is 0 Å². The second kappa shape index (κ2) is 8.63. The number of hydrogen-bond acceptors (Lipinski definition) is 4. The van der Waals surface area contributed by atoms with Crippen LogP contribution in [0.1, 0.15) is 29.3 Å². The molecule has 0 aliphatic carbocycles. The molecule has 0 fully saturated rings.